The van der Waals surface area contributed by atoms with Gasteiger partial charge in [-0.1, -0.05) is 0 Å². The zero-order valence-corrected chi connectivity index (χ0v) is 9.23. The Bertz CT molecular complexity index is 454. The van der Waals surface area contributed by atoms with E-state index in [4.69, 9.17) is 9.15 Å². The summed E-state index contributed by atoms with van der Waals surface area (Å²) in [5.41, 5.74) is 1.91. The third-order valence-corrected chi connectivity index (χ3v) is 2.07. The van der Waals surface area contributed by atoms with Gasteiger partial charge in [0, 0.05) is 23.9 Å². The van der Waals surface area contributed by atoms with Crippen LogP contribution >= 0.6 is 0 Å². The van der Waals surface area contributed by atoms with Gasteiger partial charge in [-0.05, 0) is 13.0 Å². The first-order valence-corrected chi connectivity index (χ1v) is 4.92. The first-order valence-electron chi connectivity index (χ1n) is 4.92. The second kappa shape index (κ2) is 4.65. The fourth-order valence-electron chi connectivity index (χ4n) is 1.30. The highest BCUT2D eigenvalue weighted by atomic mass is 16.5. The van der Waals surface area contributed by atoms with Crippen LogP contribution in [0.2, 0.25) is 0 Å². The summed E-state index contributed by atoms with van der Waals surface area (Å²) in [6, 6.07) is 3.67. The molecule has 16 heavy (non-hydrogen) atoms. The van der Waals surface area contributed by atoms with Crippen molar-refractivity contribution in [2.45, 2.75) is 13.5 Å². The van der Waals surface area contributed by atoms with Crippen LogP contribution < -0.4 is 10.1 Å². The molecule has 0 saturated carbocycles. The van der Waals surface area contributed by atoms with Gasteiger partial charge in [0.05, 0.1) is 19.6 Å². The van der Waals surface area contributed by atoms with Gasteiger partial charge in [-0.25, -0.2) is 4.98 Å². The molecule has 0 aliphatic rings. The van der Waals surface area contributed by atoms with Crippen molar-refractivity contribution in [1.82, 2.24) is 9.97 Å². The molecule has 2 heterocycles. The Morgan fingerprint density at radius 1 is 1.44 bits per heavy atom. The fourth-order valence-corrected chi connectivity index (χ4v) is 1.30. The zero-order valence-electron chi connectivity index (χ0n) is 9.23. The molecule has 0 spiro atoms. The van der Waals surface area contributed by atoms with E-state index in [1.54, 1.807) is 25.7 Å². The number of aryl methyl sites for hydroxylation is 1. The largest absolute Gasteiger partial charge is 0.481 e. The van der Waals surface area contributed by atoms with E-state index in [1.807, 2.05) is 13.0 Å². The van der Waals surface area contributed by atoms with Crippen LogP contribution in [0.15, 0.2) is 29.1 Å². The summed E-state index contributed by atoms with van der Waals surface area (Å²) in [6.07, 6.45) is 3.31. The van der Waals surface area contributed by atoms with Gasteiger partial charge >= 0.3 is 0 Å². The Morgan fingerprint density at radius 3 is 3.00 bits per heavy atom. The molecular weight excluding hydrogens is 206 g/mol. The lowest BCUT2D eigenvalue weighted by atomic mass is 10.3. The number of nitrogens with one attached hydrogen (secondary N) is 1. The van der Waals surface area contributed by atoms with Crippen LogP contribution in [0.1, 0.15) is 11.3 Å². The number of furan rings is 1. The number of methoxy groups -OCH3 is 1. The normalized spacial score (nSPS) is 10.1. The Balaban J connectivity index is 2.06. The molecule has 2 aromatic heterocycles. The predicted octanol–water partition coefficient (Wildman–Crippen LogP) is 2.00. The minimum absolute atomic E-state index is 0.554. The molecule has 2 aromatic rings. The summed E-state index contributed by atoms with van der Waals surface area (Å²) in [7, 11) is 1.58. The molecule has 2 rings (SSSR count). The minimum Gasteiger partial charge on any atom is -0.481 e. The van der Waals surface area contributed by atoms with Crippen LogP contribution in [0.5, 0.6) is 5.88 Å². The van der Waals surface area contributed by atoms with E-state index < -0.39 is 0 Å². The molecule has 5 nitrogen and oxygen atoms in total. The molecule has 0 aromatic carbocycles. The number of anilines is 1. The monoisotopic (exact) mass is 219 g/mol. The van der Waals surface area contributed by atoms with Crippen molar-refractivity contribution in [1.29, 1.82) is 0 Å². The van der Waals surface area contributed by atoms with Crippen molar-refractivity contribution in [3.8, 4) is 5.88 Å². The minimum atomic E-state index is 0.554. The van der Waals surface area contributed by atoms with Gasteiger partial charge in [0.2, 0.25) is 11.8 Å². The lowest BCUT2D eigenvalue weighted by Crippen LogP contribution is -2.04. The molecule has 1 N–H and O–H groups in total. The van der Waals surface area contributed by atoms with Gasteiger partial charge < -0.3 is 14.5 Å². The van der Waals surface area contributed by atoms with Crippen molar-refractivity contribution < 1.29 is 9.15 Å². The van der Waals surface area contributed by atoms with Crippen molar-refractivity contribution in [3.05, 3.63) is 35.9 Å². The van der Waals surface area contributed by atoms with E-state index in [0.717, 1.165) is 11.3 Å². The summed E-state index contributed by atoms with van der Waals surface area (Å²) >= 11 is 0. The highest BCUT2D eigenvalue weighted by Gasteiger charge is 2.02. The van der Waals surface area contributed by atoms with Gasteiger partial charge in [-0.3, -0.25) is 0 Å². The topological polar surface area (TPSA) is 60.2 Å². The summed E-state index contributed by atoms with van der Waals surface area (Å²) in [4.78, 5) is 8.42. The molecule has 0 amide bonds. The first kappa shape index (κ1) is 10.5. The average molecular weight is 219 g/mol. The molecule has 0 bridgehead atoms. The number of hydrogen-bond donors (Lipinski definition) is 1. The highest BCUT2D eigenvalue weighted by Crippen LogP contribution is 2.12. The summed E-state index contributed by atoms with van der Waals surface area (Å²) in [5.74, 6) is 1.11. The van der Waals surface area contributed by atoms with Crippen LogP contribution in [-0.2, 0) is 6.54 Å². The van der Waals surface area contributed by atoms with Gasteiger partial charge in [0.15, 0.2) is 0 Å². The Labute approximate surface area is 93.5 Å². The maximum Gasteiger partial charge on any atom is 0.226 e. The smallest absolute Gasteiger partial charge is 0.226 e. The van der Waals surface area contributed by atoms with E-state index in [-0.39, 0.29) is 0 Å². The molecule has 0 atom stereocenters. The van der Waals surface area contributed by atoms with Crippen LogP contribution in [0, 0.1) is 6.92 Å². The van der Waals surface area contributed by atoms with Crippen LogP contribution in [-0.4, -0.2) is 17.1 Å². The molecule has 84 valence electrons. The molecule has 0 aliphatic carbocycles. The average Bonchev–Trinajstić information content (AvgIpc) is 2.78. The third kappa shape index (κ3) is 2.50. The van der Waals surface area contributed by atoms with Crippen molar-refractivity contribution in [2.24, 2.45) is 0 Å². The van der Waals surface area contributed by atoms with Gasteiger partial charge in [0.25, 0.3) is 0 Å². The standard InChI is InChI=1S/C11H13N3O2/c1-8-5-10(15-2)14-11(13-8)12-6-9-3-4-16-7-9/h3-5,7H,6H2,1-2H3,(H,12,13,14). The second-order valence-electron chi connectivity index (χ2n) is 3.36. The molecule has 0 unspecified atom stereocenters. The second-order valence-corrected chi connectivity index (χ2v) is 3.36. The molecule has 0 saturated heterocycles. The maximum atomic E-state index is 5.06. The van der Waals surface area contributed by atoms with E-state index in [0.29, 0.717) is 18.4 Å². The SMILES string of the molecule is COc1cc(C)nc(NCc2ccoc2)n1. The van der Waals surface area contributed by atoms with E-state index in [2.05, 4.69) is 15.3 Å². The summed E-state index contributed by atoms with van der Waals surface area (Å²) < 4.78 is 10.0. The number of ether oxygens (including phenoxy) is 1. The Morgan fingerprint density at radius 2 is 2.31 bits per heavy atom. The first-order chi connectivity index (χ1) is 7.78. The summed E-state index contributed by atoms with van der Waals surface area (Å²) in [5, 5.41) is 3.10. The van der Waals surface area contributed by atoms with Crippen LogP contribution in [0.4, 0.5) is 5.95 Å². The molecule has 0 radical (unpaired) electrons. The van der Waals surface area contributed by atoms with Crippen molar-refractivity contribution in [2.75, 3.05) is 12.4 Å². The number of nitrogens with zero attached hydrogens (tertiary/aromatic N) is 2. The fraction of sp³-hybridized carbons (Fsp3) is 0.273. The van der Waals surface area contributed by atoms with Crippen molar-refractivity contribution >= 4 is 5.95 Å². The lowest BCUT2D eigenvalue weighted by molar-refractivity contribution is 0.397. The van der Waals surface area contributed by atoms with E-state index >= 15 is 0 Å². The molecular formula is C11H13N3O2. The highest BCUT2D eigenvalue weighted by molar-refractivity contribution is 5.31. The van der Waals surface area contributed by atoms with E-state index in [9.17, 15) is 0 Å². The zero-order chi connectivity index (χ0) is 11.4. The molecule has 0 fully saturated rings. The van der Waals surface area contributed by atoms with Crippen LogP contribution in [0.3, 0.4) is 0 Å². The number of aromatic nitrogens is 2. The van der Waals surface area contributed by atoms with Gasteiger partial charge in [-0.2, -0.15) is 4.98 Å². The maximum absolute atomic E-state index is 5.06. The van der Waals surface area contributed by atoms with E-state index in [1.165, 1.54) is 0 Å². The van der Waals surface area contributed by atoms with Crippen LogP contribution in [0.25, 0.3) is 0 Å². The molecule has 0 aliphatic heterocycles. The number of hydrogen-bond acceptors (Lipinski definition) is 5. The lowest BCUT2D eigenvalue weighted by Gasteiger charge is -2.06. The molecule has 5 heteroatoms. The Kier molecular flexibility index (Phi) is 3.05. The summed E-state index contributed by atoms with van der Waals surface area (Å²) in [6.45, 7) is 2.52. The van der Waals surface area contributed by atoms with Gasteiger partial charge in [-0.15, -0.1) is 0 Å². The van der Waals surface area contributed by atoms with Crippen molar-refractivity contribution in [3.63, 3.8) is 0 Å². The predicted molar refractivity (Wildman–Crippen MR) is 59.4 cm³/mol. The third-order valence-electron chi connectivity index (χ3n) is 2.07. The number of rotatable bonds is 4. The van der Waals surface area contributed by atoms with Gasteiger partial charge in [0.1, 0.15) is 0 Å². The Hall–Kier alpha value is -2.04. The quantitative estimate of drug-likeness (QED) is 0.852.